The molecule has 1 aromatic carbocycles. The Morgan fingerprint density at radius 3 is 2.71 bits per heavy atom. The zero-order chi connectivity index (χ0) is 10.6. The average molecular weight is 195 g/mol. The van der Waals surface area contributed by atoms with E-state index in [-0.39, 0.29) is 5.69 Å². The molecule has 0 aliphatic carbocycles. The van der Waals surface area contributed by atoms with Gasteiger partial charge < -0.3 is 5.11 Å². The van der Waals surface area contributed by atoms with Crippen molar-refractivity contribution in [1.82, 2.24) is 0 Å². The second-order valence-corrected chi connectivity index (χ2v) is 3.15. The van der Waals surface area contributed by atoms with Crippen LogP contribution in [0, 0.1) is 10.1 Å². The molecule has 14 heavy (non-hydrogen) atoms. The van der Waals surface area contributed by atoms with Gasteiger partial charge in [-0.15, -0.1) is 0 Å². The standard InChI is InChI=1S/C10H13NO3/c1-2-9(12)7-8-5-3-4-6-10(8)11(13)14/h3-6,9,12H,2,7H2,1H3. The Labute approximate surface area is 82.3 Å². The Bertz CT molecular complexity index is 325. The summed E-state index contributed by atoms with van der Waals surface area (Å²) in [6.07, 6.45) is 0.441. The number of benzene rings is 1. The molecule has 0 fully saturated rings. The molecule has 76 valence electrons. The maximum Gasteiger partial charge on any atom is 0.272 e. The highest BCUT2D eigenvalue weighted by Gasteiger charge is 2.14. The van der Waals surface area contributed by atoms with E-state index in [1.807, 2.05) is 6.92 Å². The van der Waals surface area contributed by atoms with Crippen LogP contribution in [0.1, 0.15) is 18.9 Å². The number of nitrogens with zero attached hydrogens (tertiary/aromatic N) is 1. The maximum atomic E-state index is 10.6. The van der Waals surface area contributed by atoms with Gasteiger partial charge in [0, 0.05) is 18.1 Å². The molecule has 1 N–H and O–H groups in total. The summed E-state index contributed by atoms with van der Waals surface area (Å²) in [6.45, 7) is 1.85. The Kier molecular flexibility index (Phi) is 3.59. The van der Waals surface area contributed by atoms with Gasteiger partial charge in [0.25, 0.3) is 5.69 Å². The molecule has 1 atom stereocenters. The first-order valence-electron chi connectivity index (χ1n) is 4.55. The normalized spacial score (nSPS) is 12.4. The Balaban J connectivity index is 2.90. The quantitative estimate of drug-likeness (QED) is 0.589. The lowest BCUT2D eigenvalue weighted by atomic mass is 10.0. The number of nitro groups is 1. The highest BCUT2D eigenvalue weighted by atomic mass is 16.6. The lowest BCUT2D eigenvalue weighted by Gasteiger charge is -2.07. The lowest BCUT2D eigenvalue weighted by Crippen LogP contribution is -2.09. The van der Waals surface area contributed by atoms with Gasteiger partial charge in [0.15, 0.2) is 0 Å². The summed E-state index contributed by atoms with van der Waals surface area (Å²) in [6, 6.07) is 6.50. The fraction of sp³-hybridized carbons (Fsp3) is 0.400. The van der Waals surface area contributed by atoms with Crippen molar-refractivity contribution >= 4 is 5.69 Å². The van der Waals surface area contributed by atoms with E-state index in [2.05, 4.69) is 0 Å². The summed E-state index contributed by atoms with van der Waals surface area (Å²) in [5, 5.41) is 20.0. The van der Waals surface area contributed by atoms with Gasteiger partial charge in [-0.2, -0.15) is 0 Å². The first-order valence-corrected chi connectivity index (χ1v) is 4.55. The van der Waals surface area contributed by atoms with Crippen LogP contribution in [0.5, 0.6) is 0 Å². The second kappa shape index (κ2) is 4.72. The first kappa shape index (κ1) is 10.7. The molecule has 1 aromatic rings. The number of aliphatic hydroxyl groups excluding tert-OH is 1. The van der Waals surface area contributed by atoms with Crippen molar-refractivity contribution in [2.24, 2.45) is 0 Å². The predicted molar refractivity (Wildman–Crippen MR) is 53.1 cm³/mol. The molecule has 1 rings (SSSR count). The van der Waals surface area contributed by atoms with Crippen LogP contribution in [0.3, 0.4) is 0 Å². The smallest absolute Gasteiger partial charge is 0.272 e. The Morgan fingerprint density at radius 1 is 1.50 bits per heavy atom. The third kappa shape index (κ3) is 2.53. The van der Waals surface area contributed by atoms with Crippen LogP contribution in [0.2, 0.25) is 0 Å². The molecule has 0 spiro atoms. The van der Waals surface area contributed by atoms with Gasteiger partial charge in [-0.25, -0.2) is 0 Å². The van der Waals surface area contributed by atoms with E-state index >= 15 is 0 Å². The van der Waals surface area contributed by atoms with Crippen LogP contribution >= 0.6 is 0 Å². The molecule has 0 saturated heterocycles. The number of aliphatic hydroxyl groups is 1. The van der Waals surface area contributed by atoms with E-state index in [1.54, 1.807) is 18.2 Å². The summed E-state index contributed by atoms with van der Waals surface area (Å²) >= 11 is 0. The molecule has 4 heteroatoms. The average Bonchev–Trinajstić information content (AvgIpc) is 2.18. The summed E-state index contributed by atoms with van der Waals surface area (Å²) < 4.78 is 0. The zero-order valence-electron chi connectivity index (χ0n) is 8.01. The van der Waals surface area contributed by atoms with E-state index in [0.29, 0.717) is 18.4 Å². The molecular weight excluding hydrogens is 182 g/mol. The van der Waals surface area contributed by atoms with Gasteiger partial charge in [0.1, 0.15) is 0 Å². The zero-order valence-corrected chi connectivity index (χ0v) is 8.01. The van der Waals surface area contributed by atoms with Crippen molar-refractivity contribution in [3.8, 4) is 0 Å². The van der Waals surface area contributed by atoms with Gasteiger partial charge in [0.05, 0.1) is 11.0 Å². The van der Waals surface area contributed by atoms with Crippen LogP contribution in [0.25, 0.3) is 0 Å². The van der Waals surface area contributed by atoms with Crippen LogP contribution in [0.15, 0.2) is 24.3 Å². The SMILES string of the molecule is CCC(O)Cc1ccccc1[N+](=O)[O-]. The largest absolute Gasteiger partial charge is 0.393 e. The molecule has 0 saturated carbocycles. The van der Waals surface area contributed by atoms with E-state index in [1.165, 1.54) is 6.07 Å². The van der Waals surface area contributed by atoms with E-state index < -0.39 is 11.0 Å². The van der Waals surface area contributed by atoms with E-state index in [0.717, 1.165) is 0 Å². The predicted octanol–water partition coefficient (Wildman–Crippen LogP) is 1.91. The Hall–Kier alpha value is -1.42. The second-order valence-electron chi connectivity index (χ2n) is 3.15. The fourth-order valence-corrected chi connectivity index (χ4v) is 1.26. The molecule has 4 nitrogen and oxygen atoms in total. The van der Waals surface area contributed by atoms with Gasteiger partial charge in [-0.1, -0.05) is 25.1 Å². The summed E-state index contributed by atoms with van der Waals surface area (Å²) in [7, 11) is 0. The third-order valence-electron chi connectivity index (χ3n) is 2.12. The highest BCUT2D eigenvalue weighted by Crippen LogP contribution is 2.19. The molecule has 0 aliphatic rings. The van der Waals surface area contributed by atoms with Gasteiger partial charge in [-0.3, -0.25) is 10.1 Å². The minimum absolute atomic E-state index is 0.0833. The van der Waals surface area contributed by atoms with Crippen molar-refractivity contribution in [2.75, 3.05) is 0 Å². The molecule has 0 heterocycles. The van der Waals surface area contributed by atoms with Crippen LogP contribution in [-0.4, -0.2) is 16.1 Å². The highest BCUT2D eigenvalue weighted by molar-refractivity contribution is 5.40. The topological polar surface area (TPSA) is 63.4 Å². The summed E-state index contributed by atoms with van der Waals surface area (Å²) in [4.78, 5) is 10.2. The van der Waals surface area contributed by atoms with Crippen molar-refractivity contribution in [2.45, 2.75) is 25.9 Å². The van der Waals surface area contributed by atoms with Crippen LogP contribution in [-0.2, 0) is 6.42 Å². The van der Waals surface area contributed by atoms with Gasteiger partial charge in [-0.05, 0) is 6.42 Å². The number of nitro benzene ring substituents is 1. The van der Waals surface area contributed by atoms with E-state index in [9.17, 15) is 15.2 Å². The van der Waals surface area contributed by atoms with Crippen molar-refractivity contribution in [1.29, 1.82) is 0 Å². The first-order chi connectivity index (χ1) is 6.65. The van der Waals surface area contributed by atoms with Crippen LogP contribution in [0.4, 0.5) is 5.69 Å². The monoisotopic (exact) mass is 195 g/mol. The van der Waals surface area contributed by atoms with Crippen molar-refractivity contribution in [3.63, 3.8) is 0 Å². The number of hydrogen-bond donors (Lipinski definition) is 1. The number of para-hydroxylation sites is 1. The molecule has 0 aliphatic heterocycles. The molecule has 0 amide bonds. The van der Waals surface area contributed by atoms with Gasteiger partial charge >= 0.3 is 0 Å². The summed E-state index contributed by atoms with van der Waals surface area (Å²) in [5.41, 5.74) is 0.673. The molecule has 0 aromatic heterocycles. The third-order valence-corrected chi connectivity index (χ3v) is 2.12. The minimum atomic E-state index is -0.504. The molecule has 0 radical (unpaired) electrons. The number of rotatable bonds is 4. The molecule has 1 unspecified atom stereocenters. The van der Waals surface area contributed by atoms with Gasteiger partial charge in [0.2, 0.25) is 0 Å². The van der Waals surface area contributed by atoms with E-state index in [4.69, 9.17) is 0 Å². The Morgan fingerprint density at radius 2 is 2.14 bits per heavy atom. The molecular formula is C10H13NO3. The van der Waals surface area contributed by atoms with Crippen molar-refractivity contribution < 1.29 is 10.0 Å². The fourth-order valence-electron chi connectivity index (χ4n) is 1.26. The van der Waals surface area contributed by atoms with Crippen LogP contribution < -0.4 is 0 Å². The minimum Gasteiger partial charge on any atom is -0.393 e. The molecule has 0 bridgehead atoms. The summed E-state index contributed by atoms with van der Waals surface area (Å²) in [5.74, 6) is 0. The lowest BCUT2D eigenvalue weighted by molar-refractivity contribution is -0.385. The van der Waals surface area contributed by atoms with Crippen molar-refractivity contribution in [3.05, 3.63) is 39.9 Å². The maximum absolute atomic E-state index is 10.6. The number of hydrogen-bond acceptors (Lipinski definition) is 3.